The van der Waals surface area contributed by atoms with Gasteiger partial charge in [-0.2, -0.15) is 0 Å². The van der Waals surface area contributed by atoms with E-state index in [9.17, 15) is 9.59 Å². The Balaban J connectivity index is 1.74. The van der Waals surface area contributed by atoms with Crippen LogP contribution in [0.2, 0.25) is 5.02 Å². The molecule has 2 unspecified atom stereocenters. The summed E-state index contributed by atoms with van der Waals surface area (Å²) in [6.45, 7) is 7.71. The molecule has 0 bridgehead atoms. The summed E-state index contributed by atoms with van der Waals surface area (Å²) in [4.78, 5) is 36.7. The highest BCUT2D eigenvalue weighted by Gasteiger charge is 2.54. The van der Waals surface area contributed by atoms with Gasteiger partial charge in [0.05, 0.1) is 5.69 Å². The molecule has 0 N–H and O–H groups in total. The van der Waals surface area contributed by atoms with Crippen LogP contribution in [0.3, 0.4) is 0 Å². The number of hydrogen-bond acceptors (Lipinski definition) is 5. The SMILES string of the molecule is C=CCN1C(=O)C2C(N=C3N(c4ccc(C)c(Cl)c4)C(C)=CN32)N(C)C1=O. The van der Waals surface area contributed by atoms with Crippen molar-refractivity contribution in [2.75, 3.05) is 18.5 Å². The van der Waals surface area contributed by atoms with Crippen molar-refractivity contribution in [2.24, 2.45) is 4.99 Å². The molecule has 0 radical (unpaired) electrons. The second kappa shape index (κ2) is 6.13. The molecule has 0 saturated carbocycles. The number of carbonyl (C=O) groups excluding carboxylic acids is 2. The number of allylic oxidation sites excluding steroid dienone is 1. The number of halogens is 1. The van der Waals surface area contributed by atoms with Crippen LogP contribution in [-0.2, 0) is 4.79 Å². The summed E-state index contributed by atoms with van der Waals surface area (Å²) < 4.78 is 0. The summed E-state index contributed by atoms with van der Waals surface area (Å²) in [6.07, 6.45) is 2.88. The summed E-state index contributed by atoms with van der Waals surface area (Å²) in [6, 6.07) is 4.85. The predicted octanol–water partition coefficient (Wildman–Crippen LogP) is 2.78. The quantitative estimate of drug-likeness (QED) is 0.751. The lowest BCUT2D eigenvalue weighted by Gasteiger charge is -2.39. The lowest BCUT2D eigenvalue weighted by Crippen LogP contribution is -2.64. The third-order valence-corrected chi connectivity index (χ3v) is 5.52. The summed E-state index contributed by atoms with van der Waals surface area (Å²) in [7, 11) is 1.67. The Morgan fingerprint density at radius 3 is 2.70 bits per heavy atom. The largest absolute Gasteiger partial charge is 0.328 e. The Morgan fingerprint density at radius 1 is 1.30 bits per heavy atom. The van der Waals surface area contributed by atoms with Gasteiger partial charge in [-0.1, -0.05) is 23.7 Å². The number of likely N-dealkylation sites (N-methyl/N-ethyl adjacent to an activating group) is 1. The van der Waals surface area contributed by atoms with Crippen molar-refractivity contribution in [2.45, 2.75) is 26.1 Å². The lowest BCUT2D eigenvalue weighted by atomic mass is 10.1. The van der Waals surface area contributed by atoms with Gasteiger partial charge in [0.25, 0.3) is 5.91 Å². The van der Waals surface area contributed by atoms with Gasteiger partial charge >= 0.3 is 6.03 Å². The smallest absolute Gasteiger partial charge is 0.302 e. The van der Waals surface area contributed by atoms with Crippen LogP contribution < -0.4 is 4.90 Å². The number of aryl methyl sites for hydroxylation is 1. The van der Waals surface area contributed by atoms with Gasteiger partial charge < -0.3 is 9.80 Å². The summed E-state index contributed by atoms with van der Waals surface area (Å²) in [5.74, 6) is 0.352. The second-order valence-corrected chi connectivity index (χ2v) is 7.27. The van der Waals surface area contributed by atoms with Crippen LogP contribution in [0.4, 0.5) is 10.5 Å². The van der Waals surface area contributed by atoms with E-state index < -0.39 is 12.2 Å². The summed E-state index contributed by atoms with van der Waals surface area (Å²) in [5, 5.41) is 0.662. The minimum Gasteiger partial charge on any atom is -0.302 e. The average Bonchev–Trinajstić information content (AvgIpc) is 3.14. The Morgan fingerprint density at radius 2 is 2.04 bits per heavy atom. The van der Waals surface area contributed by atoms with Crippen molar-refractivity contribution < 1.29 is 9.59 Å². The first-order valence-corrected chi connectivity index (χ1v) is 9.03. The van der Waals surface area contributed by atoms with E-state index in [2.05, 4.69) is 6.58 Å². The first kappa shape index (κ1) is 17.6. The number of nitrogens with zero attached hydrogens (tertiary/aromatic N) is 5. The van der Waals surface area contributed by atoms with E-state index in [4.69, 9.17) is 16.6 Å². The Labute approximate surface area is 162 Å². The monoisotopic (exact) mass is 385 g/mol. The molecule has 4 rings (SSSR count). The molecule has 0 aromatic heterocycles. The fourth-order valence-corrected chi connectivity index (χ4v) is 3.87. The molecule has 27 heavy (non-hydrogen) atoms. The van der Waals surface area contributed by atoms with Crippen LogP contribution in [0.1, 0.15) is 12.5 Å². The van der Waals surface area contributed by atoms with Crippen LogP contribution >= 0.6 is 11.6 Å². The number of fused-ring (bicyclic) bond motifs is 3. The maximum Gasteiger partial charge on any atom is 0.328 e. The molecular weight excluding hydrogens is 366 g/mol. The number of amides is 3. The van der Waals surface area contributed by atoms with E-state index in [0.29, 0.717) is 11.0 Å². The van der Waals surface area contributed by atoms with Crippen molar-refractivity contribution in [3.8, 4) is 0 Å². The van der Waals surface area contributed by atoms with Crippen LogP contribution in [0.25, 0.3) is 0 Å². The van der Waals surface area contributed by atoms with Gasteiger partial charge in [0.15, 0.2) is 12.2 Å². The number of imide groups is 1. The molecule has 7 nitrogen and oxygen atoms in total. The molecule has 1 saturated heterocycles. The number of urea groups is 1. The van der Waals surface area contributed by atoms with Crippen molar-refractivity contribution >= 4 is 35.2 Å². The molecule has 1 aromatic rings. The molecule has 3 amide bonds. The minimum atomic E-state index is -0.580. The van der Waals surface area contributed by atoms with Crippen LogP contribution in [0, 0.1) is 6.92 Å². The number of benzene rings is 1. The van der Waals surface area contributed by atoms with E-state index in [-0.39, 0.29) is 18.5 Å². The number of aliphatic imine (C=N–C) groups is 1. The van der Waals surface area contributed by atoms with E-state index in [0.717, 1.165) is 16.9 Å². The molecule has 3 aliphatic heterocycles. The Kier molecular flexibility index (Phi) is 3.99. The van der Waals surface area contributed by atoms with E-state index in [1.807, 2.05) is 48.0 Å². The van der Waals surface area contributed by atoms with Crippen LogP contribution in [-0.4, -0.2) is 58.4 Å². The third kappa shape index (κ3) is 2.45. The number of carbonyl (C=O) groups is 2. The normalized spacial score (nSPS) is 24.1. The highest BCUT2D eigenvalue weighted by Crippen LogP contribution is 2.37. The molecule has 8 heteroatoms. The number of guanidine groups is 1. The molecule has 3 heterocycles. The molecule has 3 aliphatic rings. The van der Waals surface area contributed by atoms with Gasteiger partial charge in [0, 0.05) is 30.5 Å². The maximum atomic E-state index is 13.0. The number of rotatable bonds is 3. The second-order valence-electron chi connectivity index (χ2n) is 6.87. The molecule has 1 aromatic carbocycles. The van der Waals surface area contributed by atoms with Crippen molar-refractivity contribution in [3.05, 3.63) is 53.3 Å². The van der Waals surface area contributed by atoms with Gasteiger partial charge in [-0.05, 0) is 31.5 Å². The van der Waals surface area contributed by atoms with Crippen LogP contribution in [0.5, 0.6) is 0 Å². The zero-order chi connectivity index (χ0) is 19.5. The van der Waals surface area contributed by atoms with Crippen molar-refractivity contribution in [1.29, 1.82) is 0 Å². The lowest BCUT2D eigenvalue weighted by molar-refractivity contribution is -0.136. The standard InChI is InChI=1S/C19H20ClN5O2/c1-5-8-23-17(26)15-16(22(4)19(23)27)21-18-24(15)10-12(3)25(18)13-7-6-11(2)14(20)9-13/h5-7,9-10,15-16H,1,8H2,2-4H3. The minimum absolute atomic E-state index is 0.175. The van der Waals surface area contributed by atoms with E-state index in [1.165, 1.54) is 9.80 Å². The molecule has 2 atom stereocenters. The Bertz CT molecular complexity index is 925. The Hall–Kier alpha value is -2.80. The summed E-state index contributed by atoms with van der Waals surface area (Å²) in [5.41, 5.74) is 2.78. The highest BCUT2D eigenvalue weighted by atomic mass is 35.5. The first-order chi connectivity index (χ1) is 12.8. The van der Waals surface area contributed by atoms with Gasteiger partial charge in [0.2, 0.25) is 5.96 Å². The average molecular weight is 386 g/mol. The molecule has 0 spiro atoms. The summed E-state index contributed by atoms with van der Waals surface area (Å²) >= 11 is 6.30. The predicted molar refractivity (Wildman–Crippen MR) is 104 cm³/mol. The van der Waals surface area contributed by atoms with Crippen LogP contribution in [0.15, 0.2) is 47.7 Å². The van der Waals surface area contributed by atoms with Gasteiger partial charge in [-0.25, -0.2) is 9.79 Å². The zero-order valence-corrected chi connectivity index (χ0v) is 16.1. The number of anilines is 1. The van der Waals surface area contributed by atoms with Gasteiger partial charge in [-0.15, -0.1) is 6.58 Å². The molecule has 1 fully saturated rings. The fraction of sp³-hybridized carbons (Fsp3) is 0.316. The van der Waals surface area contributed by atoms with Crippen molar-refractivity contribution in [3.63, 3.8) is 0 Å². The van der Waals surface area contributed by atoms with Crippen molar-refractivity contribution in [1.82, 2.24) is 14.7 Å². The highest BCUT2D eigenvalue weighted by molar-refractivity contribution is 6.31. The zero-order valence-electron chi connectivity index (χ0n) is 15.4. The fourth-order valence-electron chi connectivity index (χ4n) is 3.69. The molecule has 0 aliphatic carbocycles. The molecular formula is C19H20ClN5O2. The topological polar surface area (TPSA) is 59.5 Å². The first-order valence-electron chi connectivity index (χ1n) is 8.65. The maximum absolute atomic E-state index is 13.0. The number of hydrogen-bond donors (Lipinski definition) is 0. The van der Waals surface area contributed by atoms with E-state index >= 15 is 0 Å². The van der Waals surface area contributed by atoms with Gasteiger partial charge in [-0.3, -0.25) is 14.6 Å². The third-order valence-electron chi connectivity index (χ3n) is 5.11. The molecule has 140 valence electrons. The van der Waals surface area contributed by atoms with Gasteiger partial charge in [0.1, 0.15) is 0 Å². The van der Waals surface area contributed by atoms with E-state index in [1.54, 1.807) is 13.1 Å².